The predicted octanol–water partition coefficient (Wildman–Crippen LogP) is 0.908. The summed E-state index contributed by atoms with van der Waals surface area (Å²) >= 11 is 0. The number of amides is 1. The highest BCUT2D eigenvalue weighted by atomic mass is 19.1. The van der Waals surface area contributed by atoms with Gasteiger partial charge in [0.25, 0.3) is 5.91 Å². The van der Waals surface area contributed by atoms with Gasteiger partial charge in [0.2, 0.25) is 11.8 Å². The van der Waals surface area contributed by atoms with Gasteiger partial charge in [-0.25, -0.2) is 9.18 Å². The molecule has 0 saturated heterocycles. The Bertz CT molecular complexity index is 962. The van der Waals surface area contributed by atoms with E-state index in [0.717, 1.165) is 5.56 Å². The average molecular weight is 449 g/mol. The number of nitrogens with one attached hydrogen (secondary N) is 1. The maximum Gasteiger partial charge on any atom is 0.326 e. The van der Waals surface area contributed by atoms with Gasteiger partial charge in [-0.05, 0) is 37.0 Å². The molecule has 2 aromatic rings. The fraction of sp³-hybridized carbons (Fsp3) is 0.350. The number of halogens is 1. The van der Waals surface area contributed by atoms with Crippen molar-refractivity contribution in [2.45, 2.75) is 44.3 Å². The van der Waals surface area contributed by atoms with Gasteiger partial charge in [0.15, 0.2) is 0 Å². The van der Waals surface area contributed by atoms with Crippen molar-refractivity contribution < 1.29 is 34.1 Å². The first kappa shape index (κ1) is 24.3. The Morgan fingerprint density at radius 3 is 2.28 bits per heavy atom. The lowest BCUT2D eigenvalue weighted by molar-refractivity contribution is -0.140. The summed E-state index contributed by atoms with van der Waals surface area (Å²) in [6.07, 6.45) is -1.74. The fourth-order valence-corrected chi connectivity index (χ4v) is 2.94. The number of alkyl halides is 1. The molecule has 1 amide bonds. The minimum atomic E-state index is -1.34. The molecule has 0 fully saturated rings. The number of aromatic hydroxyl groups is 1. The van der Waals surface area contributed by atoms with Crippen LogP contribution in [-0.2, 0) is 22.4 Å². The lowest BCUT2D eigenvalue weighted by atomic mass is 10.0. The third kappa shape index (κ3) is 7.07. The van der Waals surface area contributed by atoms with Crippen LogP contribution >= 0.6 is 0 Å². The monoisotopic (exact) mass is 449 g/mol. The number of carboxylic acids is 2. The number of aryl methyl sites for hydroxylation is 1. The van der Waals surface area contributed by atoms with E-state index in [1.165, 1.54) is 12.1 Å². The van der Waals surface area contributed by atoms with Crippen LogP contribution in [0.4, 0.5) is 16.2 Å². The van der Waals surface area contributed by atoms with Gasteiger partial charge in [0.1, 0.15) is 18.0 Å². The number of hydrogen-bond donors (Lipinski definition) is 6. The molecule has 12 heteroatoms. The lowest BCUT2D eigenvalue weighted by Crippen LogP contribution is -2.41. The molecule has 0 bridgehead atoms. The van der Waals surface area contributed by atoms with Crippen LogP contribution in [0.15, 0.2) is 24.3 Å². The SMILES string of the molecule is Nc1nc(N)c(CC(F)CCc2ccc(C(=O)N[C@@H](CCC(=O)O)C(=O)O)cc2)c(O)n1. The van der Waals surface area contributed by atoms with E-state index in [1.54, 1.807) is 12.1 Å². The van der Waals surface area contributed by atoms with Gasteiger partial charge in [-0.1, -0.05) is 12.1 Å². The Labute approximate surface area is 182 Å². The maximum absolute atomic E-state index is 14.4. The summed E-state index contributed by atoms with van der Waals surface area (Å²) in [4.78, 5) is 41.3. The van der Waals surface area contributed by atoms with Crippen LogP contribution in [0.2, 0.25) is 0 Å². The number of nitrogens with zero attached hydrogens (tertiary/aromatic N) is 2. The molecule has 172 valence electrons. The quantitative estimate of drug-likeness (QED) is 0.286. The molecule has 11 nitrogen and oxygen atoms in total. The molecule has 0 radical (unpaired) electrons. The van der Waals surface area contributed by atoms with Crippen molar-refractivity contribution >= 4 is 29.6 Å². The zero-order valence-electron chi connectivity index (χ0n) is 17.0. The topological polar surface area (TPSA) is 202 Å². The number of nitrogen functional groups attached to an aromatic ring is 2. The Balaban J connectivity index is 1.91. The number of nitrogens with two attached hydrogens (primary N) is 2. The van der Waals surface area contributed by atoms with Gasteiger partial charge >= 0.3 is 11.9 Å². The van der Waals surface area contributed by atoms with E-state index < -0.39 is 42.4 Å². The van der Waals surface area contributed by atoms with E-state index >= 15 is 0 Å². The van der Waals surface area contributed by atoms with Crippen LogP contribution in [-0.4, -0.2) is 55.3 Å². The van der Waals surface area contributed by atoms with Gasteiger partial charge in [0.05, 0.1) is 5.56 Å². The Morgan fingerprint density at radius 1 is 1.06 bits per heavy atom. The summed E-state index contributed by atoms with van der Waals surface area (Å²) in [6.45, 7) is 0. The van der Waals surface area contributed by atoms with Crippen molar-refractivity contribution in [2.75, 3.05) is 11.5 Å². The van der Waals surface area contributed by atoms with Crippen LogP contribution in [0.5, 0.6) is 5.88 Å². The number of carboxylic acid groups (broad SMARTS) is 2. The largest absolute Gasteiger partial charge is 0.493 e. The normalized spacial score (nSPS) is 12.7. The van der Waals surface area contributed by atoms with Crippen LogP contribution in [0.25, 0.3) is 0 Å². The molecule has 32 heavy (non-hydrogen) atoms. The van der Waals surface area contributed by atoms with Crippen molar-refractivity contribution in [1.82, 2.24) is 15.3 Å². The fourth-order valence-electron chi connectivity index (χ4n) is 2.94. The van der Waals surface area contributed by atoms with Gasteiger partial charge in [-0.2, -0.15) is 9.97 Å². The summed E-state index contributed by atoms with van der Waals surface area (Å²) in [5.41, 5.74) is 12.0. The van der Waals surface area contributed by atoms with Gasteiger partial charge < -0.3 is 32.1 Å². The minimum Gasteiger partial charge on any atom is -0.493 e. The number of carbonyl (C=O) groups is 3. The summed E-state index contributed by atoms with van der Waals surface area (Å²) < 4.78 is 14.4. The highest BCUT2D eigenvalue weighted by Crippen LogP contribution is 2.24. The van der Waals surface area contributed by atoms with Crippen LogP contribution in [0, 0.1) is 0 Å². The van der Waals surface area contributed by atoms with Crippen molar-refractivity contribution in [3.05, 3.63) is 41.0 Å². The zero-order chi connectivity index (χ0) is 23.8. The Kier molecular flexibility index (Phi) is 8.27. The van der Waals surface area contributed by atoms with E-state index in [9.17, 15) is 23.9 Å². The summed E-state index contributed by atoms with van der Waals surface area (Å²) in [5, 5.41) is 29.8. The highest BCUT2D eigenvalue weighted by molar-refractivity contribution is 5.96. The number of carbonyl (C=O) groups excluding carboxylic acids is 1. The molecule has 8 N–H and O–H groups in total. The molecule has 2 atom stereocenters. The first-order valence-corrected chi connectivity index (χ1v) is 9.66. The lowest BCUT2D eigenvalue weighted by Gasteiger charge is -2.14. The van der Waals surface area contributed by atoms with E-state index in [0.29, 0.717) is 6.42 Å². The first-order chi connectivity index (χ1) is 15.1. The number of aromatic nitrogens is 2. The third-order valence-electron chi connectivity index (χ3n) is 4.67. The molecule has 1 heterocycles. The smallest absolute Gasteiger partial charge is 0.326 e. The third-order valence-corrected chi connectivity index (χ3v) is 4.67. The molecule has 0 aliphatic heterocycles. The molecule has 0 aliphatic carbocycles. The van der Waals surface area contributed by atoms with E-state index in [1.807, 2.05) is 0 Å². The zero-order valence-corrected chi connectivity index (χ0v) is 17.0. The second-order valence-corrected chi connectivity index (χ2v) is 7.10. The molecule has 2 rings (SSSR count). The number of anilines is 2. The molecule has 0 saturated carbocycles. The molecule has 0 spiro atoms. The number of rotatable bonds is 11. The average Bonchev–Trinajstić information content (AvgIpc) is 2.72. The highest BCUT2D eigenvalue weighted by Gasteiger charge is 2.22. The molecular formula is C20H24FN5O6. The second-order valence-electron chi connectivity index (χ2n) is 7.10. The van der Waals surface area contributed by atoms with Crippen LogP contribution < -0.4 is 16.8 Å². The second kappa shape index (κ2) is 10.9. The van der Waals surface area contributed by atoms with E-state index in [2.05, 4.69) is 15.3 Å². The van der Waals surface area contributed by atoms with E-state index in [4.69, 9.17) is 21.7 Å². The predicted molar refractivity (Wildman–Crippen MR) is 112 cm³/mol. The van der Waals surface area contributed by atoms with Crippen molar-refractivity contribution in [1.29, 1.82) is 0 Å². The molecule has 0 aliphatic rings. The Hall–Kier alpha value is -3.96. The molecule has 1 aromatic carbocycles. The number of hydrogen-bond acceptors (Lipinski definition) is 8. The Morgan fingerprint density at radius 2 is 1.72 bits per heavy atom. The van der Waals surface area contributed by atoms with E-state index in [-0.39, 0.29) is 42.2 Å². The number of benzene rings is 1. The van der Waals surface area contributed by atoms with Crippen LogP contribution in [0.1, 0.15) is 40.7 Å². The molecular weight excluding hydrogens is 425 g/mol. The van der Waals surface area contributed by atoms with Gasteiger partial charge in [0, 0.05) is 18.4 Å². The summed E-state index contributed by atoms with van der Waals surface area (Å²) in [7, 11) is 0. The van der Waals surface area contributed by atoms with Gasteiger partial charge in [-0.3, -0.25) is 9.59 Å². The van der Waals surface area contributed by atoms with Gasteiger partial charge in [-0.15, -0.1) is 0 Å². The number of aliphatic carboxylic acids is 2. The van der Waals surface area contributed by atoms with Crippen molar-refractivity contribution in [3.63, 3.8) is 0 Å². The first-order valence-electron chi connectivity index (χ1n) is 9.66. The standard InChI is InChI=1S/C20H24FN5O6/c21-12(9-13-16(22)25-20(23)26-18(13)30)6-3-10-1-4-11(5-2-10)17(29)24-14(19(31)32)7-8-15(27)28/h1-2,4-5,12,14H,3,6-9H2,(H,24,29)(H,27,28)(H,31,32)(H5,22,23,25,26,30)/t12?,14-/m0/s1. The maximum atomic E-state index is 14.4. The van der Waals surface area contributed by atoms with Crippen LogP contribution in [0.3, 0.4) is 0 Å². The van der Waals surface area contributed by atoms with Crippen molar-refractivity contribution in [2.24, 2.45) is 0 Å². The molecule has 1 aromatic heterocycles. The molecule has 1 unspecified atom stereocenters. The summed E-state index contributed by atoms with van der Waals surface area (Å²) in [6, 6.07) is 4.81. The van der Waals surface area contributed by atoms with Crippen molar-refractivity contribution in [3.8, 4) is 5.88 Å². The summed E-state index contributed by atoms with van der Waals surface area (Å²) in [5.74, 6) is -3.91. The minimum absolute atomic E-state index is 0.0783.